The van der Waals surface area contributed by atoms with Crippen molar-refractivity contribution >= 4 is 17.6 Å². The number of rotatable bonds is 7. The van der Waals surface area contributed by atoms with Crippen molar-refractivity contribution in [3.8, 4) is 5.75 Å². The first-order valence-corrected chi connectivity index (χ1v) is 8.21. The molecular weight excluding hydrogens is 318 g/mol. The second-order valence-electron chi connectivity index (χ2n) is 6.16. The van der Waals surface area contributed by atoms with Crippen LogP contribution >= 0.6 is 0 Å². The zero-order valence-electron chi connectivity index (χ0n) is 14.7. The van der Waals surface area contributed by atoms with Crippen LogP contribution in [-0.2, 0) is 9.53 Å². The van der Waals surface area contributed by atoms with Crippen molar-refractivity contribution in [1.82, 2.24) is 0 Å². The molecule has 2 aromatic carbocycles. The molecule has 2 aromatic rings. The van der Waals surface area contributed by atoms with E-state index >= 15 is 0 Å². The molecule has 0 aromatic heterocycles. The maximum Gasteiger partial charge on any atom is 0.344 e. The number of carbonyl (C=O) groups excluding carboxylic acids is 2. The number of hydrogen-bond donors (Lipinski definition) is 1. The lowest BCUT2D eigenvalue weighted by molar-refractivity contribution is -0.147. The van der Waals surface area contributed by atoms with E-state index in [0.29, 0.717) is 17.9 Å². The Kier molecular flexibility index (Phi) is 6.57. The molecule has 0 saturated carbocycles. The summed E-state index contributed by atoms with van der Waals surface area (Å²) in [5.41, 5.74) is 2.29. The Hall–Kier alpha value is -2.82. The van der Waals surface area contributed by atoms with Gasteiger partial charge in [0.25, 0.3) is 5.91 Å². The normalized spacial score (nSPS) is 10.4. The van der Waals surface area contributed by atoms with Crippen LogP contribution in [0.1, 0.15) is 29.8 Å². The monoisotopic (exact) mass is 341 g/mol. The molecule has 2 rings (SSSR count). The largest absolute Gasteiger partial charge is 0.482 e. The van der Waals surface area contributed by atoms with E-state index in [9.17, 15) is 9.59 Å². The predicted molar refractivity (Wildman–Crippen MR) is 96.9 cm³/mol. The van der Waals surface area contributed by atoms with E-state index < -0.39 is 5.97 Å². The summed E-state index contributed by atoms with van der Waals surface area (Å²) >= 11 is 0. The molecule has 5 nitrogen and oxygen atoms in total. The Labute approximate surface area is 148 Å². The van der Waals surface area contributed by atoms with Gasteiger partial charge < -0.3 is 14.8 Å². The van der Waals surface area contributed by atoms with Crippen LogP contribution in [0.25, 0.3) is 0 Å². The number of hydrogen-bond acceptors (Lipinski definition) is 4. The van der Waals surface area contributed by atoms with Gasteiger partial charge in [0.2, 0.25) is 0 Å². The van der Waals surface area contributed by atoms with E-state index in [2.05, 4.69) is 5.32 Å². The van der Waals surface area contributed by atoms with Crippen molar-refractivity contribution in [2.75, 3.05) is 18.5 Å². The summed E-state index contributed by atoms with van der Waals surface area (Å²) in [6, 6.07) is 14.2. The van der Waals surface area contributed by atoms with E-state index in [4.69, 9.17) is 9.47 Å². The second-order valence-corrected chi connectivity index (χ2v) is 6.16. The lowest BCUT2D eigenvalue weighted by Crippen LogP contribution is -2.17. The molecule has 0 atom stereocenters. The smallest absolute Gasteiger partial charge is 0.344 e. The minimum absolute atomic E-state index is 0.151. The molecule has 0 aliphatic rings. The maximum absolute atomic E-state index is 12.3. The van der Waals surface area contributed by atoms with Crippen LogP contribution in [0.4, 0.5) is 5.69 Å². The second kappa shape index (κ2) is 8.87. The molecule has 0 radical (unpaired) electrons. The lowest BCUT2D eigenvalue weighted by atomic mass is 10.1. The predicted octanol–water partition coefficient (Wildman–Crippen LogP) is 3.83. The Morgan fingerprint density at radius 1 is 1.04 bits per heavy atom. The third-order valence-corrected chi connectivity index (χ3v) is 3.44. The molecule has 25 heavy (non-hydrogen) atoms. The molecule has 1 amide bonds. The molecule has 0 aliphatic heterocycles. The number of benzene rings is 2. The van der Waals surface area contributed by atoms with Crippen LogP contribution in [-0.4, -0.2) is 25.1 Å². The van der Waals surface area contributed by atoms with Crippen molar-refractivity contribution in [2.24, 2.45) is 5.92 Å². The molecular formula is C20H23NO4. The van der Waals surface area contributed by atoms with Crippen LogP contribution in [0, 0.1) is 12.8 Å². The van der Waals surface area contributed by atoms with Gasteiger partial charge in [-0.15, -0.1) is 0 Å². The van der Waals surface area contributed by atoms with Crippen LogP contribution < -0.4 is 10.1 Å². The highest BCUT2D eigenvalue weighted by Gasteiger charge is 2.09. The van der Waals surface area contributed by atoms with E-state index in [-0.39, 0.29) is 18.4 Å². The standard InChI is InChI=1S/C20H23NO4/c1-14(2)12-25-19(22)13-24-17-10-8-16(9-11-17)20(23)21-18-7-5-4-6-15(18)3/h4-11,14H,12-13H2,1-3H3,(H,21,23). The fourth-order valence-electron chi connectivity index (χ4n) is 2.05. The molecule has 0 bridgehead atoms. The third kappa shape index (κ3) is 5.95. The molecule has 0 fully saturated rings. The fraction of sp³-hybridized carbons (Fsp3) is 0.300. The molecule has 1 N–H and O–H groups in total. The fourth-order valence-corrected chi connectivity index (χ4v) is 2.05. The summed E-state index contributed by atoms with van der Waals surface area (Å²) in [5, 5.41) is 2.87. The summed E-state index contributed by atoms with van der Waals surface area (Å²) in [4.78, 5) is 23.8. The van der Waals surface area contributed by atoms with Crippen molar-refractivity contribution < 1.29 is 19.1 Å². The number of amides is 1. The third-order valence-electron chi connectivity index (χ3n) is 3.44. The number of ether oxygens (including phenoxy) is 2. The Morgan fingerprint density at radius 2 is 1.72 bits per heavy atom. The molecule has 0 aliphatic carbocycles. The highest BCUT2D eigenvalue weighted by atomic mass is 16.6. The first-order valence-electron chi connectivity index (χ1n) is 8.21. The van der Waals surface area contributed by atoms with Crippen LogP contribution in [0.2, 0.25) is 0 Å². The average molecular weight is 341 g/mol. The minimum atomic E-state index is -0.407. The zero-order valence-corrected chi connectivity index (χ0v) is 14.7. The van der Waals surface area contributed by atoms with Crippen LogP contribution in [0.15, 0.2) is 48.5 Å². The molecule has 0 spiro atoms. The van der Waals surface area contributed by atoms with E-state index in [1.165, 1.54) is 0 Å². The Bertz CT molecular complexity index is 723. The van der Waals surface area contributed by atoms with Crippen molar-refractivity contribution in [1.29, 1.82) is 0 Å². The van der Waals surface area contributed by atoms with Gasteiger partial charge in [0.05, 0.1) is 6.61 Å². The van der Waals surface area contributed by atoms with Gasteiger partial charge in [-0.05, 0) is 48.7 Å². The molecule has 132 valence electrons. The van der Waals surface area contributed by atoms with Crippen molar-refractivity contribution in [2.45, 2.75) is 20.8 Å². The van der Waals surface area contributed by atoms with Gasteiger partial charge in [-0.25, -0.2) is 4.79 Å². The van der Waals surface area contributed by atoms with Gasteiger partial charge in [0, 0.05) is 11.3 Å². The summed E-state index contributed by atoms with van der Waals surface area (Å²) in [6.45, 7) is 6.09. The quantitative estimate of drug-likeness (QED) is 0.778. The highest BCUT2D eigenvalue weighted by Crippen LogP contribution is 2.17. The Balaban J connectivity index is 1.88. The van der Waals surface area contributed by atoms with E-state index in [1.807, 2.05) is 45.0 Å². The maximum atomic E-state index is 12.3. The summed E-state index contributed by atoms with van der Waals surface area (Å²) in [5.74, 6) is 0.191. The molecule has 0 unspecified atom stereocenters. The van der Waals surface area contributed by atoms with Gasteiger partial charge in [0.1, 0.15) is 5.75 Å². The summed E-state index contributed by atoms with van der Waals surface area (Å²) < 4.78 is 10.4. The van der Waals surface area contributed by atoms with Crippen molar-refractivity contribution in [3.05, 3.63) is 59.7 Å². The van der Waals surface area contributed by atoms with Crippen LogP contribution in [0.3, 0.4) is 0 Å². The number of esters is 1. The highest BCUT2D eigenvalue weighted by molar-refractivity contribution is 6.04. The lowest BCUT2D eigenvalue weighted by Gasteiger charge is -2.10. The van der Waals surface area contributed by atoms with Crippen LogP contribution in [0.5, 0.6) is 5.75 Å². The number of aryl methyl sites for hydroxylation is 1. The van der Waals surface area contributed by atoms with E-state index in [0.717, 1.165) is 11.3 Å². The molecule has 0 heterocycles. The van der Waals surface area contributed by atoms with E-state index in [1.54, 1.807) is 24.3 Å². The number of nitrogens with one attached hydrogen (secondary N) is 1. The first kappa shape index (κ1) is 18.5. The Morgan fingerprint density at radius 3 is 2.36 bits per heavy atom. The van der Waals surface area contributed by atoms with Crippen molar-refractivity contribution in [3.63, 3.8) is 0 Å². The first-order chi connectivity index (χ1) is 12.0. The van der Waals surface area contributed by atoms with Gasteiger partial charge >= 0.3 is 5.97 Å². The number of para-hydroxylation sites is 1. The molecule has 5 heteroatoms. The van der Waals surface area contributed by atoms with Gasteiger partial charge in [-0.3, -0.25) is 4.79 Å². The van der Waals surface area contributed by atoms with Gasteiger partial charge in [-0.2, -0.15) is 0 Å². The van der Waals surface area contributed by atoms with Gasteiger partial charge in [-0.1, -0.05) is 32.0 Å². The summed E-state index contributed by atoms with van der Waals surface area (Å²) in [6.07, 6.45) is 0. The molecule has 0 saturated heterocycles. The topological polar surface area (TPSA) is 64.6 Å². The zero-order chi connectivity index (χ0) is 18.2. The van der Waals surface area contributed by atoms with Gasteiger partial charge in [0.15, 0.2) is 6.61 Å². The number of carbonyl (C=O) groups is 2. The summed E-state index contributed by atoms with van der Waals surface area (Å²) in [7, 11) is 0. The minimum Gasteiger partial charge on any atom is -0.482 e. The number of anilines is 1. The average Bonchev–Trinajstić information content (AvgIpc) is 2.60. The SMILES string of the molecule is Cc1ccccc1NC(=O)c1ccc(OCC(=O)OCC(C)C)cc1.